The van der Waals surface area contributed by atoms with E-state index in [4.69, 9.17) is 10.5 Å². The second-order valence-corrected chi connectivity index (χ2v) is 5.57. The van der Waals surface area contributed by atoms with Crippen molar-refractivity contribution < 1.29 is 4.74 Å². The van der Waals surface area contributed by atoms with Crippen LogP contribution in [0.3, 0.4) is 0 Å². The van der Waals surface area contributed by atoms with E-state index in [-0.39, 0.29) is 24.0 Å². The topological polar surface area (TPSA) is 50.9 Å². The number of nitrogens with zero attached hydrogens (tertiary/aromatic N) is 2. The molecule has 0 radical (unpaired) electrons. The van der Waals surface area contributed by atoms with Crippen molar-refractivity contribution in [2.45, 2.75) is 26.7 Å². The van der Waals surface area contributed by atoms with Crippen molar-refractivity contribution >= 4 is 29.9 Å². The fraction of sp³-hybridized carbons (Fsp3) is 0.562. The molecule has 2 N–H and O–H groups in total. The van der Waals surface area contributed by atoms with Gasteiger partial charge in [0.05, 0.1) is 6.54 Å². The summed E-state index contributed by atoms with van der Waals surface area (Å²) < 4.78 is 5.66. The smallest absolute Gasteiger partial charge is 0.191 e. The van der Waals surface area contributed by atoms with Crippen molar-refractivity contribution in [3.8, 4) is 5.75 Å². The van der Waals surface area contributed by atoms with Crippen LogP contribution in [0.15, 0.2) is 29.3 Å². The molecule has 1 aromatic carbocycles. The summed E-state index contributed by atoms with van der Waals surface area (Å²) in [5.41, 5.74) is 7.22. The maximum absolute atomic E-state index is 6.02. The van der Waals surface area contributed by atoms with Gasteiger partial charge in [0.2, 0.25) is 0 Å². The van der Waals surface area contributed by atoms with E-state index in [1.807, 2.05) is 18.2 Å². The average Bonchev–Trinajstić information content (AvgIpc) is 2.44. The molecule has 0 saturated carbocycles. The zero-order valence-electron chi connectivity index (χ0n) is 12.9. The SMILES string of the molecule is Cc1cccc(OCCN=C(N)N2CCC(C)CC2)c1.I. The van der Waals surface area contributed by atoms with E-state index in [0.29, 0.717) is 19.1 Å². The first-order chi connectivity index (χ1) is 9.65. The van der Waals surface area contributed by atoms with E-state index in [0.717, 1.165) is 24.8 Å². The monoisotopic (exact) mass is 403 g/mol. The van der Waals surface area contributed by atoms with E-state index in [1.54, 1.807) is 0 Å². The molecule has 1 aliphatic heterocycles. The van der Waals surface area contributed by atoms with Crippen molar-refractivity contribution in [2.75, 3.05) is 26.2 Å². The molecule has 1 fully saturated rings. The highest BCUT2D eigenvalue weighted by Gasteiger charge is 2.16. The standard InChI is InChI=1S/C16H25N3O.HI/c1-13-6-9-19(10-7-13)16(17)18-8-11-20-15-5-3-4-14(2)12-15;/h3-5,12-13H,6-11H2,1-2H3,(H2,17,18);1H. The van der Waals surface area contributed by atoms with Crippen LogP contribution in [-0.2, 0) is 0 Å². The first kappa shape index (κ1) is 18.1. The lowest BCUT2D eigenvalue weighted by Crippen LogP contribution is -2.42. The van der Waals surface area contributed by atoms with E-state index in [2.05, 4.69) is 29.8 Å². The quantitative estimate of drug-likeness (QED) is 0.364. The van der Waals surface area contributed by atoms with Gasteiger partial charge in [-0.25, -0.2) is 4.99 Å². The number of hydrogen-bond acceptors (Lipinski definition) is 2. The van der Waals surface area contributed by atoms with Crippen LogP contribution < -0.4 is 10.5 Å². The largest absolute Gasteiger partial charge is 0.492 e. The zero-order chi connectivity index (χ0) is 14.4. The fourth-order valence-electron chi connectivity index (χ4n) is 2.37. The van der Waals surface area contributed by atoms with Gasteiger partial charge in [-0.3, -0.25) is 0 Å². The molecule has 21 heavy (non-hydrogen) atoms. The molecule has 1 aromatic rings. The lowest BCUT2D eigenvalue weighted by atomic mass is 10.00. The summed E-state index contributed by atoms with van der Waals surface area (Å²) >= 11 is 0. The molecule has 0 spiro atoms. The lowest BCUT2D eigenvalue weighted by molar-refractivity contribution is 0.276. The molecule has 4 nitrogen and oxygen atoms in total. The van der Waals surface area contributed by atoms with E-state index < -0.39 is 0 Å². The third-order valence-electron chi connectivity index (χ3n) is 3.73. The molecule has 2 rings (SSSR count). The van der Waals surface area contributed by atoms with Crippen LogP contribution in [0, 0.1) is 12.8 Å². The number of ether oxygens (including phenoxy) is 1. The predicted octanol–water partition coefficient (Wildman–Crippen LogP) is 3.04. The normalized spacial score (nSPS) is 16.5. The highest BCUT2D eigenvalue weighted by atomic mass is 127. The van der Waals surface area contributed by atoms with Crippen molar-refractivity contribution in [1.82, 2.24) is 4.90 Å². The molecule has 0 bridgehead atoms. The van der Waals surface area contributed by atoms with Gasteiger partial charge in [-0.05, 0) is 43.4 Å². The number of nitrogens with two attached hydrogens (primary N) is 1. The molecule has 5 heteroatoms. The van der Waals surface area contributed by atoms with Gasteiger partial charge in [-0.15, -0.1) is 24.0 Å². The van der Waals surface area contributed by atoms with E-state index in [1.165, 1.54) is 18.4 Å². The van der Waals surface area contributed by atoms with Crippen LogP contribution in [-0.4, -0.2) is 37.1 Å². The highest BCUT2D eigenvalue weighted by molar-refractivity contribution is 14.0. The summed E-state index contributed by atoms with van der Waals surface area (Å²) in [6, 6.07) is 8.04. The minimum Gasteiger partial charge on any atom is -0.492 e. The molecule has 0 aliphatic carbocycles. The Bertz CT molecular complexity index is 457. The molecular formula is C16H26IN3O. The number of rotatable bonds is 4. The number of aryl methyl sites for hydroxylation is 1. The van der Waals surface area contributed by atoms with Crippen molar-refractivity contribution in [3.05, 3.63) is 29.8 Å². The number of likely N-dealkylation sites (tertiary alicyclic amines) is 1. The third kappa shape index (κ3) is 6.11. The van der Waals surface area contributed by atoms with Crippen LogP contribution in [0.1, 0.15) is 25.3 Å². The summed E-state index contributed by atoms with van der Waals surface area (Å²) in [7, 11) is 0. The molecule has 118 valence electrons. The van der Waals surface area contributed by atoms with Gasteiger partial charge < -0.3 is 15.4 Å². The van der Waals surface area contributed by atoms with Gasteiger partial charge in [0, 0.05) is 13.1 Å². The number of aliphatic imine (C=N–C) groups is 1. The van der Waals surface area contributed by atoms with Crippen molar-refractivity contribution in [1.29, 1.82) is 0 Å². The summed E-state index contributed by atoms with van der Waals surface area (Å²) in [5, 5.41) is 0. The van der Waals surface area contributed by atoms with Crippen LogP contribution in [0.5, 0.6) is 5.75 Å². The molecule has 0 aromatic heterocycles. The summed E-state index contributed by atoms with van der Waals surface area (Å²) in [6.45, 7) is 7.56. The summed E-state index contributed by atoms with van der Waals surface area (Å²) in [6.07, 6.45) is 2.41. The Morgan fingerprint density at radius 3 is 2.76 bits per heavy atom. The molecule has 1 aliphatic rings. The minimum absolute atomic E-state index is 0. The predicted molar refractivity (Wildman–Crippen MR) is 98.5 cm³/mol. The van der Waals surface area contributed by atoms with Gasteiger partial charge in [-0.1, -0.05) is 19.1 Å². The van der Waals surface area contributed by atoms with Crippen LogP contribution in [0.4, 0.5) is 0 Å². The van der Waals surface area contributed by atoms with E-state index in [9.17, 15) is 0 Å². The summed E-state index contributed by atoms with van der Waals surface area (Å²) in [5.74, 6) is 2.36. The average molecular weight is 403 g/mol. The second kappa shape index (κ2) is 9.12. The van der Waals surface area contributed by atoms with Gasteiger partial charge in [0.25, 0.3) is 0 Å². The van der Waals surface area contributed by atoms with Crippen molar-refractivity contribution in [3.63, 3.8) is 0 Å². The Morgan fingerprint density at radius 2 is 2.10 bits per heavy atom. The van der Waals surface area contributed by atoms with Gasteiger partial charge in [0.1, 0.15) is 12.4 Å². The van der Waals surface area contributed by atoms with E-state index >= 15 is 0 Å². The number of hydrogen-bond donors (Lipinski definition) is 1. The number of halogens is 1. The Balaban J connectivity index is 0.00000220. The van der Waals surface area contributed by atoms with Crippen LogP contribution in [0.2, 0.25) is 0 Å². The number of benzene rings is 1. The minimum atomic E-state index is 0. The Hall–Kier alpha value is -0.980. The highest BCUT2D eigenvalue weighted by Crippen LogP contribution is 2.15. The van der Waals surface area contributed by atoms with Crippen LogP contribution in [0.25, 0.3) is 0 Å². The molecule has 1 saturated heterocycles. The Kier molecular flexibility index (Phi) is 7.85. The first-order valence-electron chi connectivity index (χ1n) is 7.39. The van der Waals surface area contributed by atoms with Gasteiger partial charge in [0.15, 0.2) is 5.96 Å². The number of guanidine groups is 1. The maximum Gasteiger partial charge on any atom is 0.191 e. The second-order valence-electron chi connectivity index (χ2n) is 5.57. The Labute approximate surface area is 144 Å². The number of piperidine rings is 1. The lowest BCUT2D eigenvalue weighted by Gasteiger charge is -2.31. The zero-order valence-corrected chi connectivity index (χ0v) is 15.2. The third-order valence-corrected chi connectivity index (χ3v) is 3.73. The fourth-order valence-corrected chi connectivity index (χ4v) is 2.37. The molecule has 0 unspecified atom stereocenters. The maximum atomic E-state index is 6.02. The Morgan fingerprint density at radius 1 is 1.38 bits per heavy atom. The van der Waals surface area contributed by atoms with Crippen molar-refractivity contribution in [2.24, 2.45) is 16.6 Å². The van der Waals surface area contributed by atoms with Crippen LogP contribution >= 0.6 is 24.0 Å². The summed E-state index contributed by atoms with van der Waals surface area (Å²) in [4.78, 5) is 6.58. The van der Waals surface area contributed by atoms with Gasteiger partial charge >= 0.3 is 0 Å². The van der Waals surface area contributed by atoms with Gasteiger partial charge in [-0.2, -0.15) is 0 Å². The molecule has 1 heterocycles. The molecular weight excluding hydrogens is 377 g/mol. The molecule has 0 amide bonds. The first-order valence-corrected chi connectivity index (χ1v) is 7.39. The molecule has 0 atom stereocenters.